The Kier molecular flexibility index (Phi) is 5.76. The molecule has 0 saturated carbocycles. The highest BCUT2D eigenvalue weighted by atomic mass is 32.2. The lowest BCUT2D eigenvalue weighted by molar-refractivity contribution is -0.142. The third-order valence-corrected chi connectivity index (χ3v) is 5.70. The molecular formula is C16H21NO5S. The average Bonchev–Trinajstić information content (AvgIpc) is 2.88. The number of carbonyl (C=O) groups excluding carboxylic acids is 2. The molecule has 126 valence electrons. The highest BCUT2D eigenvalue weighted by molar-refractivity contribution is 7.91. The molecule has 0 radical (unpaired) electrons. The predicted molar refractivity (Wildman–Crippen MR) is 85.6 cm³/mol. The van der Waals surface area contributed by atoms with Crippen molar-refractivity contribution in [3.05, 3.63) is 35.9 Å². The van der Waals surface area contributed by atoms with Crippen molar-refractivity contribution in [3.8, 4) is 0 Å². The second kappa shape index (κ2) is 7.59. The van der Waals surface area contributed by atoms with Crippen molar-refractivity contribution >= 4 is 21.7 Å². The van der Waals surface area contributed by atoms with Gasteiger partial charge in [0.25, 0.3) is 0 Å². The molecule has 2 rings (SSSR count). The highest BCUT2D eigenvalue weighted by Crippen LogP contribution is 2.19. The SMILES string of the molecule is COC(=O)CCN(C(=O)Cc1ccccc1)C1CCS(=O)(=O)C1. The average molecular weight is 339 g/mol. The zero-order valence-electron chi connectivity index (χ0n) is 13.1. The van der Waals surface area contributed by atoms with Gasteiger partial charge in [-0.2, -0.15) is 0 Å². The van der Waals surface area contributed by atoms with E-state index in [1.807, 2.05) is 30.3 Å². The predicted octanol–water partition coefficient (Wildman–Crippen LogP) is 0.808. The third-order valence-electron chi connectivity index (χ3n) is 3.95. The number of hydrogen-bond donors (Lipinski definition) is 0. The fourth-order valence-corrected chi connectivity index (χ4v) is 4.45. The number of carbonyl (C=O) groups is 2. The van der Waals surface area contributed by atoms with Crippen molar-refractivity contribution in [1.82, 2.24) is 4.90 Å². The second-order valence-electron chi connectivity index (χ2n) is 5.63. The number of esters is 1. The quantitative estimate of drug-likeness (QED) is 0.717. The van der Waals surface area contributed by atoms with E-state index in [0.29, 0.717) is 6.42 Å². The van der Waals surface area contributed by atoms with Gasteiger partial charge < -0.3 is 9.64 Å². The molecule has 1 aromatic carbocycles. The van der Waals surface area contributed by atoms with Gasteiger partial charge in [0.15, 0.2) is 9.84 Å². The van der Waals surface area contributed by atoms with Gasteiger partial charge >= 0.3 is 5.97 Å². The molecule has 1 aromatic rings. The first-order valence-corrected chi connectivity index (χ1v) is 9.34. The first-order chi connectivity index (χ1) is 10.9. The smallest absolute Gasteiger partial charge is 0.307 e. The van der Waals surface area contributed by atoms with Gasteiger partial charge in [0.2, 0.25) is 5.91 Å². The molecule has 0 aliphatic carbocycles. The molecule has 1 amide bonds. The number of sulfone groups is 1. The molecule has 23 heavy (non-hydrogen) atoms. The summed E-state index contributed by atoms with van der Waals surface area (Å²) in [5.41, 5.74) is 0.862. The molecule has 1 fully saturated rings. The van der Waals surface area contributed by atoms with E-state index in [1.54, 1.807) is 0 Å². The molecule has 7 heteroatoms. The molecular weight excluding hydrogens is 318 g/mol. The van der Waals surface area contributed by atoms with Crippen LogP contribution in [0.15, 0.2) is 30.3 Å². The zero-order chi connectivity index (χ0) is 16.9. The fourth-order valence-electron chi connectivity index (χ4n) is 2.72. The minimum atomic E-state index is -3.10. The Bertz CT molecular complexity index is 656. The maximum absolute atomic E-state index is 12.6. The molecule has 0 spiro atoms. The maximum Gasteiger partial charge on any atom is 0.307 e. The van der Waals surface area contributed by atoms with E-state index in [2.05, 4.69) is 4.74 Å². The van der Waals surface area contributed by atoms with Crippen molar-refractivity contribution in [2.24, 2.45) is 0 Å². The van der Waals surface area contributed by atoms with Crippen LogP contribution >= 0.6 is 0 Å². The van der Waals surface area contributed by atoms with E-state index in [4.69, 9.17) is 0 Å². The Hall–Kier alpha value is -1.89. The first kappa shape index (κ1) is 17.5. The topological polar surface area (TPSA) is 80.8 Å². The van der Waals surface area contributed by atoms with Gasteiger partial charge in [-0.1, -0.05) is 30.3 Å². The maximum atomic E-state index is 12.6. The van der Waals surface area contributed by atoms with Gasteiger partial charge in [0, 0.05) is 12.6 Å². The zero-order valence-corrected chi connectivity index (χ0v) is 13.9. The molecule has 0 N–H and O–H groups in total. The van der Waals surface area contributed by atoms with Crippen LogP contribution in [0.25, 0.3) is 0 Å². The summed E-state index contributed by atoms with van der Waals surface area (Å²) in [6.45, 7) is 0.179. The van der Waals surface area contributed by atoms with Crippen LogP contribution in [0.2, 0.25) is 0 Å². The normalized spacial score (nSPS) is 19.3. The number of methoxy groups -OCH3 is 1. The van der Waals surface area contributed by atoms with Crippen molar-refractivity contribution in [2.75, 3.05) is 25.2 Å². The number of amides is 1. The monoisotopic (exact) mass is 339 g/mol. The summed E-state index contributed by atoms with van der Waals surface area (Å²) < 4.78 is 28.0. The van der Waals surface area contributed by atoms with Crippen LogP contribution in [0.4, 0.5) is 0 Å². The van der Waals surface area contributed by atoms with Crippen LogP contribution in [-0.2, 0) is 30.6 Å². The molecule has 1 heterocycles. The van der Waals surface area contributed by atoms with Crippen molar-refractivity contribution in [3.63, 3.8) is 0 Å². The Morgan fingerprint density at radius 1 is 1.26 bits per heavy atom. The van der Waals surface area contributed by atoms with Crippen LogP contribution < -0.4 is 0 Å². The molecule has 1 atom stereocenters. The Balaban J connectivity index is 2.09. The minimum absolute atomic E-state index is 0.0330. The summed E-state index contributed by atoms with van der Waals surface area (Å²) in [4.78, 5) is 25.5. The summed E-state index contributed by atoms with van der Waals surface area (Å²) in [6, 6.07) is 8.90. The van der Waals surface area contributed by atoms with Gasteiger partial charge in [0.05, 0.1) is 31.5 Å². The largest absolute Gasteiger partial charge is 0.469 e. The lowest BCUT2D eigenvalue weighted by Crippen LogP contribution is -2.43. The summed E-state index contributed by atoms with van der Waals surface area (Å²) in [5, 5.41) is 0. The molecule has 1 unspecified atom stereocenters. The molecule has 1 aliphatic rings. The van der Waals surface area contributed by atoms with Gasteiger partial charge in [0.1, 0.15) is 0 Å². The van der Waals surface area contributed by atoms with E-state index in [0.717, 1.165) is 5.56 Å². The fraction of sp³-hybridized carbons (Fsp3) is 0.500. The van der Waals surface area contributed by atoms with Crippen molar-refractivity contribution in [2.45, 2.75) is 25.3 Å². The molecule has 6 nitrogen and oxygen atoms in total. The standard InChI is InChI=1S/C16H21NO5S/c1-22-16(19)7-9-17(14-8-10-23(20,21)12-14)15(18)11-13-5-3-2-4-6-13/h2-6,14H,7-12H2,1H3. The highest BCUT2D eigenvalue weighted by Gasteiger charge is 2.34. The molecule has 0 aromatic heterocycles. The summed E-state index contributed by atoms with van der Waals surface area (Å²) in [5.74, 6) is -0.523. The summed E-state index contributed by atoms with van der Waals surface area (Å²) >= 11 is 0. The van der Waals surface area contributed by atoms with Crippen LogP contribution in [0, 0.1) is 0 Å². The van der Waals surface area contributed by atoms with Gasteiger partial charge in [-0.25, -0.2) is 8.42 Å². The lowest BCUT2D eigenvalue weighted by Gasteiger charge is -2.28. The van der Waals surface area contributed by atoms with Crippen molar-refractivity contribution < 1.29 is 22.7 Å². The van der Waals surface area contributed by atoms with Crippen LogP contribution in [-0.4, -0.2) is 56.4 Å². The van der Waals surface area contributed by atoms with Crippen molar-refractivity contribution in [1.29, 1.82) is 0 Å². The van der Waals surface area contributed by atoms with E-state index in [1.165, 1.54) is 12.0 Å². The van der Waals surface area contributed by atoms with E-state index < -0.39 is 15.8 Å². The molecule has 0 bridgehead atoms. The number of hydrogen-bond acceptors (Lipinski definition) is 5. The Labute approximate surface area is 136 Å². The van der Waals surface area contributed by atoms with Crippen LogP contribution in [0.3, 0.4) is 0 Å². The Morgan fingerprint density at radius 3 is 2.52 bits per heavy atom. The third kappa shape index (κ3) is 5.06. The lowest BCUT2D eigenvalue weighted by atomic mass is 10.1. The molecule has 1 saturated heterocycles. The second-order valence-corrected chi connectivity index (χ2v) is 7.86. The van der Waals surface area contributed by atoms with E-state index >= 15 is 0 Å². The van der Waals surface area contributed by atoms with E-state index in [9.17, 15) is 18.0 Å². The number of rotatable bonds is 6. The number of benzene rings is 1. The first-order valence-electron chi connectivity index (χ1n) is 7.52. The van der Waals surface area contributed by atoms with Gasteiger partial charge in [-0.15, -0.1) is 0 Å². The van der Waals surface area contributed by atoms with Gasteiger partial charge in [-0.3, -0.25) is 9.59 Å². The Morgan fingerprint density at radius 2 is 1.96 bits per heavy atom. The number of ether oxygens (including phenoxy) is 1. The summed E-state index contributed by atoms with van der Waals surface area (Å²) in [6.07, 6.45) is 0.677. The number of nitrogens with zero attached hydrogens (tertiary/aromatic N) is 1. The molecule has 1 aliphatic heterocycles. The van der Waals surface area contributed by atoms with Crippen LogP contribution in [0.5, 0.6) is 0 Å². The minimum Gasteiger partial charge on any atom is -0.469 e. The van der Waals surface area contributed by atoms with E-state index in [-0.39, 0.29) is 42.8 Å². The summed E-state index contributed by atoms with van der Waals surface area (Å²) in [7, 11) is -1.81. The van der Waals surface area contributed by atoms with Crippen LogP contribution in [0.1, 0.15) is 18.4 Å². The van der Waals surface area contributed by atoms with Gasteiger partial charge in [-0.05, 0) is 12.0 Å².